The number of benzene rings is 2. The van der Waals surface area contributed by atoms with Gasteiger partial charge >= 0.3 is 0 Å². The van der Waals surface area contributed by atoms with Gasteiger partial charge in [-0.05, 0) is 36.4 Å². The van der Waals surface area contributed by atoms with Crippen LogP contribution in [0.25, 0.3) is 0 Å². The number of aromatic nitrogens is 3. The lowest BCUT2D eigenvalue weighted by molar-refractivity contribution is -0.113. The Morgan fingerprint density at radius 3 is 2.44 bits per heavy atom. The largest absolute Gasteiger partial charge is 0.497 e. The Labute approximate surface area is 215 Å². The first kappa shape index (κ1) is 25.9. The van der Waals surface area contributed by atoms with Gasteiger partial charge in [0.2, 0.25) is 5.91 Å². The fourth-order valence-corrected chi connectivity index (χ4v) is 4.52. The van der Waals surface area contributed by atoms with E-state index < -0.39 is 0 Å². The second-order valence-corrected chi connectivity index (χ2v) is 8.98. The second-order valence-electron chi connectivity index (χ2n) is 6.79. The van der Waals surface area contributed by atoms with Gasteiger partial charge in [0.15, 0.2) is 11.0 Å². The zero-order valence-corrected chi connectivity index (χ0v) is 21.1. The number of methoxy groups -OCH3 is 1. The summed E-state index contributed by atoms with van der Waals surface area (Å²) in [5.74, 6) is 0.616. The minimum atomic E-state index is -0.335. The number of carbonyl (C=O) groups is 2. The smallest absolute Gasteiger partial charge is 0.251 e. The molecule has 2 amide bonds. The highest BCUT2D eigenvalue weighted by Crippen LogP contribution is 2.33. The van der Waals surface area contributed by atoms with Crippen LogP contribution in [-0.4, -0.2) is 39.4 Å². The molecule has 34 heavy (non-hydrogen) atoms. The number of amides is 2. The molecule has 0 spiro atoms. The standard InChI is InChI=1S/C22H20Cl3N5O3S/c1-3-8-30-18(11-26-21(32)13-4-6-15(33-2)7-5-13)28-29-22(30)34-12-19(31)27-20-16(24)9-14(23)10-17(20)25/h3-7,9-10H,1,8,11-12H2,2H3,(H,26,32)(H,27,31). The molecule has 0 aliphatic rings. The monoisotopic (exact) mass is 539 g/mol. The van der Waals surface area contributed by atoms with E-state index in [4.69, 9.17) is 39.5 Å². The maximum Gasteiger partial charge on any atom is 0.251 e. The van der Waals surface area contributed by atoms with Crippen molar-refractivity contribution in [2.75, 3.05) is 18.2 Å². The van der Waals surface area contributed by atoms with Crippen molar-refractivity contribution in [2.24, 2.45) is 0 Å². The molecule has 0 saturated heterocycles. The lowest BCUT2D eigenvalue weighted by Gasteiger charge is -2.11. The van der Waals surface area contributed by atoms with E-state index in [2.05, 4.69) is 27.4 Å². The number of anilines is 1. The molecule has 0 bridgehead atoms. The Morgan fingerprint density at radius 2 is 1.82 bits per heavy atom. The van der Waals surface area contributed by atoms with Crippen LogP contribution in [-0.2, 0) is 17.9 Å². The van der Waals surface area contributed by atoms with Crippen LogP contribution in [0.1, 0.15) is 16.2 Å². The van der Waals surface area contributed by atoms with Gasteiger partial charge in [0, 0.05) is 17.1 Å². The average Bonchev–Trinajstić information content (AvgIpc) is 3.20. The third-order valence-electron chi connectivity index (χ3n) is 4.47. The predicted molar refractivity (Wildman–Crippen MR) is 135 cm³/mol. The Bertz CT molecular complexity index is 1180. The van der Waals surface area contributed by atoms with Crippen molar-refractivity contribution in [2.45, 2.75) is 18.2 Å². The van der Waals surface area contributed by atoms with E-state index in [-0.39, 0.29) is 39.8 Å². The van der Waals surface area contributed by atoms with Crippen LogP contribution < -0.4 is 15.4 Å². The summed E-state index contributed by atoms with van der Waals surface area (Å²) in [6.07, 6.45) is 1.68. The van der Waals surface area contributed by atoms with Crippen LogP contribution in [0.15, 0.2) is 54.2 Å². The predicted octanol–water partition coefficient (Wildman–Crippen LogP) is 5.09. The molecule has 2 N–H and O–H groups in total. The lowest BCUT2D eigenvalue weighted by Crippen LogP contribution is -2.24. The first-order valence-electron chi connectivity index (χ1n) is 9.84. The molecule has 178 valence electrons. The summed E-state index contributed by atoms with van der Waals surface area (Å²) in [4.78, 5) is 24.9. The van der Waals surface area contributed by atoms with Crippen molar-refractivity contribution < 1.29 is 14.3 Å². The highest BCUT2D eigenvalue weighted by Gasteiger charge is 2.16. The molecule has 0 radical (unpaired) electrons. The highest BCUT2D eigenvalue weighted by molar-refractivity contribution is 7.99. The SMILES string of the molecule is C=CCn1c(CNC(=O)c2ccc(OC)cc2)nnc1SCC(=O)Nc1c(Cl)cc(Cl)cc1Cl. The molecular weight excluding hydrogens is 521 g/mol. The number of halogens is 3. The highest BCUT2D eigenvalue weighted by atomic mass is 35.5. The maximum atomic E-state index is 12.4. The molecule has 0 fully saturated rings. The Kier molecular flexibility index (Phi) is 9.23. The van der Waals surface area contributed by atoms with E-state index >= 15 is 0 Å². The van der Waals surface area contributed by atoms with Crippen LogP contribution in [0.3, 0.4) is 0 Å². The number of thioether (sulfide) groups is 1. The zero-order valence-electron chi connectivity index (χ0n) is 18.0. The van der Waals surface area contributed by atoms with E-state index in [0.717, 1.165) is 0 Å². The van der Waals surface area contributed by atoms with Gasteiger partial charge in [0.25, 0.3) is 5.91 Å². The van der Waals surface area contributed by atoms with Gasteiger partial charge in [-0.15, -0.1) is 16.8 Å². The number of nitrogens with one attached hydrogen (secondary N) is 2. The first-order chi connectivity index (χ1) is 16.3. The van der Waals surface area contributed by atoms with Gasteiger partial charge in [-0.25, -0.2) is 0 Å². The minimum Gasteiger partial charge on any atom is -0.497 e. The summed E-state index contributed by atoms with van der Waals surface area (Å²) in [6.45, 7) is 4.30. The van der Waals surface area contributed by atoms with Gasteiger partial charge in [-0.3, -0.25) is 9.59 Å². The zero-order chi connectivity index (χ0) is 24.7. The van der Waals surface area contributed by atoms with Gasteiger partial charge in [0.1, 0.15) is 5.75 Å². The topological polar surface area (TPSA) is 98.1 Å². The summed E-state index contributed by atoms with van der Waals surface area (Å²) >= 11 is 19.3. The van der Waals surface area contributed by atoms with Crippen molar-refractivity contribution in [3.05, 3.63) is 75.5 Å². The van der Waals surface area contributed by atoms with Crippen molar-refractivity contribution in [1.82, 2.24) is 20.1 Å². The van der Waals surface area contributed by atoms with Crippen molar-refractivity contribution in [1.29, 1.82) is 0 Å². The molecule has 12 heteroatoms. The second kappa shape index (κ2) is 12.1. The summed E-state index contributed by atoms with van der Waals surface area (Å²) in [6, 6.07) is 9.73. The van der Waals surface area contributed by atoms with E-state index in [9.17, 15) is 9.59 Å². The molecule has 0 atom stereocenters. The molecule has 1 aromatic heterocycles. The van der Waals surface area contributed by atoms with Gasteiger partial charge in [-0.1, -0.05) is 52.6 Å². The fourth-order valence-electron chi connectivity index (χ4n) is 2.84. The molecule has 2 aromatic carbocycles. The Morgan fingerprint density at radius 1 is 1.15 bits per heavy atom. The minimum absolute atomic E-state index is 0.0305. The number of hydrogen-bond acceptors (Lipinski definition) is 6. The number of ether oxygens (including phenoxy) is 1. The fraction of sp³-hybridized carbons (Fsp3) is 0.182. The normalized spacial score (nSPS) is 10.6. The van der Waals surface area contributed by atoms with Crippen LogP contribution in [0.2, 0.25) is 15.1 Å². The maximum absolute atomic E-state index is 12.4. The third kappa shape index (κ3) is 6.66. The van der Waals surface area contributed by atoms with E-state index in [1.807, 2.05) is 0 Å². The number of allylic oxidation sites excluding steroid dienone is 1. The summed E-state index contributed by atoms with van der Waals surface area (Å²) in [5.41, 5.74) is 0.772. The van der Waals surface area contributed by atoms with Crippen LogP contribution in [0, 0.1) is 0 Å². The number of carbonyl (C=O) groups excluding carboxylic acids is 2. The van der Waals surface area contributed by atoms with E-state index in [1.165, 1.54) is 23.9 Å². The van der Waals surface area contributed by atoms with Crippen molar-refractivity contribution in [3.8, 4) is 5.75 Å². The van der Waals surface area contributed by atoms with E-state index in [1.54, 1.807) is 42.0 Å². The average molecular weight is 541 g/mol. The van der Waals surface area contributed by atoms with Gasteiger partial charge in [0.05, 0.1) is 35.1 Å². The first-order valence-corrected chi connectivity index (χ1v) is 12.0. The Balaban J connectivity index is 1.62. The third-order valence-corrected chi connectivity index (χ3v) is 6.25. The van der Waals surface area contributed by atoms with E-state index in [0.29, 0.717) is 33.9 Å². The molecule has 0 aliphatic heterocycles. The number of hydrogen-bond donors (Lipinski definition) is 2. The number of nitrogens with zero attached hydrogens (tertiary/aromatic N) is 3. The lowest BCUT2D eigenvalue weighted by atomic mass is 10.2. The quantitative estimate of drug-likeness (QED) is 0.274. The summed E-state index contributed by atoms with van der Waals surface area (Å²) in [5, 5.41) is 15.1. The van der Waals surface area contributed by atoms with Crippen molar-refractivity contribution >= 4 is 64.1 Å². The molecule has 0 unspecified atom stereocenters. The molecule has 3 rings (SSSR count). The van der Waals surface area contributed by atoms with Crippen LogP contribution in [0.4, 0.5) is 5.69 Å². The van der Waals surface area contributed by atoms with Gasteiger partial charge < -0.3 is 19.9 Å². The number of rotatable bonds is 10. The summed E-state index contributed by atoms with van der Waals surface area (Å²) in [7, 11) is 1.56. The van der Waals surface area contributed by atoms with Crippen LogP contribution in [0.5, 0.6) is 5.75 Å². The molecule has 0 saturated carbocycles. The van der Waals surface area contributed by atoms with Gasteiger partial charge in [-0.2, -0.15) is 0 Å². The van der Waals surface area contributed by atoms with Crippen molar-refractivity contribution in [3.63, 3.8) is 0 Å². The molecule has 8 nitrogen and oxygen atoms in total. The molecule has 0 aliphatic carbocycles. The molecule has 1 heterocycles. The summed E-state index contributed by atoms with van der Waals surface area (Å²) < 4.78 is 6.87. The molecular formula is C22H20Cl3N5O3S. The van der Waals surface area contributed by atoms with Crippen LogP contribution >= 0.6 is 46.6 Å². The Hall–Kier alpha value is -2.72. The molecule has 3 aromatic rings.